The molecule has 3 rings (SSSR count). The summed E-state index contributed by atoms with van der Waals surface area (Å²) in [6.07, 6.45) is 1.39. The molecule has 9 nitrogen and oxygen atoms in total. The summed E-state index contributed by atoms with van der Waals surface area (Å²) in [7, 11) is -3.75. The Morgan fingerprint density at radius 2 is 1.86 bits per heavy atom. The quantitative estimate of drug-likeness (QED) is 0.354. The van der Waals surface area contributed by atoms with Crippen molar-refractivity contribution in [3.8, 4) is 11.3 Å². The van der Waals surface area contributed by atoms with E-state index in [1.54, 1.807) is 12.1 Å². The summed E-state index contributed by atoms with van der Waals surface area (Å²) < 4.78 is 28.0. The van der Waals surface area contributed by atoms with Gasteiger partial charge in [0, 0.05) is 17.7 Å². The van der Waals surface area contributed by atoms with Crippen LogP contribution < -0.4 is 10.6 Å². The molecule has 1 aromatic heterocycles. The van der Waals surface area contributed by atoms with Gasteiger partial charge < -0.3 is 4.42 Å². The first-order valence-corrected chi connectivity index (χ1v) is 9.62. The predicted octanol–water partition coefficient (Wildman–Crippen LogP) is 3.60. The van der Waals surface area contributed by atoms with Crippen LogP contribution in [0, 0.1) is 10.1 Å². The summed E-state index contributed by atoms with van der Waals surface area (Å²) in [6, 6.07) is 13.0. The van der Waals surface area contributed by atoms with Crippen molar-refractivity contribution in [2.24, 2.45) is 10.2 Å². The SMILES string of the molecule is NS(=O)(=O)c1ccc(N/N=C\c2ccc(-c3cc([N+](=O)[O-])ccc3Cl)o2)cc1. The first-order chi connectivity index (χ1) is 13.2. The molecule has 0 atom stereocenters. The average molecular weight is 421 g/mol. The minimum absolute atomic E-state index is 0.00783. The second-order valence-electron chi connectivity index (χ2n) is 5.56. The van der Waals surface area contributed by atoms with Gasteiger partial charge in [0.1, 0.15) is 11.5 Å². The Labute approximate surface area is 164 Å². The van der Waals surface area contributed by atoms with E-state index in [2.05, 4.69) is 10.5 Å². The highest BCUT2D eigenvalue weighted by Gasteiger charge is 2.14. The predicted molar refractivity (Wildman–Crippen MR) is 105 cm³/mol. The van der Waals surface area contributed by atoms with Gasteiger partial charge in [-0.2, -0.15) is 5.10 Å². The van der Waals surface area contributed by atoms with E-state index in [-0.39, 0.29) is 10.6 Å². The Morgan fingerprint density at radius 1 is 1.14 bits per heavy atom. The maximum atomic E-state index is 11.2. The number of nitrogens with two attached hydrogens (primary N) is 1. The number of nitrogens with zero attached hydrogens (tertiary/aromatic N) is 2. The number of furan rings is 1. The Bertz CT molecular complexity index is 1160. The lowest BCUT2D eigenvalue weighted by atomic mass is 10.1. The summed E-state index contributed by atoms with van der Waals surface area (Å²) in [5, 5.41) is 20.3. The fraction of sp³-hybridized carbons (Fsp3) is 0. The number of anilines is 1. The van der Waals surface area contributed by atoms with Crippen LogP contribution in [-0.2, 0) is 10.0 Å². The number of hydrogen-bond acceptors (Lipinski definition) is 7. The monoisotopic (exact) mass is 420 g/mol. The van der Waals surface area contributed by atoms with Gasteiger partial charge in [0.25, 0.3) is 5.69 Å². The molecule has 0 aliphatic rings. The van der Waals surface area contributed by atoms with Gasteiger partial charge in [0.05, 0.1) is 26.7 Å². The summed E-state index contributed by atoms with van der Waals surface area (Å²) in [5.41, 5.74) is 3.54. The standard InChI is InChI=1S/C17H13ClN4O5S/c18-16-7-3-12(22(23)24)9-15(16)17-8-4-13(27-17)10-20-21-11-1-5-14(6-2-11)28(19,25)26/h1-10,21H,(H2,19,25,26)/b20-10-. The number of rotatable bonds is 6. The molecule has 0 bridgehead atoms. The van der Waals surface area contributed by atoms with Crippen LogP contribution in [0.15, 0.2) is 69.0 Å². The number of hydrogen-bond donors (Lipinski definition) is 2. The highest BCUT2D eigenvalue weighted by molar-refractivity contribution is 7.89. The van der Waals surface area contributed by atoms with Crippen LogP contribution in [-0.4, -0.2) is 19.6 Å². The number of nitrogens with one attached hydrogen (secondary N) is 1. The second-order valence-corrected chi connectivity index (χ2v) is 7.53. The van der Waals surface area contributed by atoms with Crippen LogP contribution in [0.2, 0.25) is 5.02 Å². The molecule has 0 saturated heterocycles. The molecule has 11 heteroatoms. The lowest BCUT2D eigenvalue weighted by Crippen LogP contribution is -2.11. The normalized spacial score (nSPS) is 11.6. The average Bonchev–Trinajstić information content (AvgIpc) is 3.10. The maximum Gasteiger partial charge on any atom is 0.270 e. The Morgan fingerprint density at radius 3 is 2.50 bits per heavy atom. The number of hydrazone groups is 1. The lowest BCUT2D eigenvalue weighted by molar-refractivity contribution is -0.384. The van der Waals surface area contributed by atoms with Gasteiger partial charge >= 0.3 is 0 Å². The van der Waals surface area contributed by atoms with Crippen molar-refractivity contribution in [1.82, 2.24) is 0 Å². The maximum absolute atomic E-state index is 11.2. The number of nitro groups is 1. The van der Waals surface area contributed by atoms with E-state index >= 15 is 0 Å². The van der Waals surface area contributed by atoms with Gasteiger partial charge in [0.2, 0.25) is 10.0 Å². The molecule has 0 amide bonds. The van der Waals surface area contributed by atoms with Gasteiger partial charge in [-0.25, -0.2) is 13.6 Å². The van der Waals surface area contributed by atoms with Crippen LogP contribution in [0.4, 0.5) is 11.4 Å². The van der Waals surface area contributed by atoms with E-state index in [0.717, 1.165) is 0 Å². The van der Waals surface area contributed by atoms with Crippen molar-refractivity contribution in [3.63, 3.8) is 0 Å². The summed E-state index contributed by atoms with van der Waals surface area (Å²) in [6.45, 7) is 0. The number of nitro benzene ring substituents is 1. The molecule has 0 radical (unpaired) electrons. The van der Waals surface area contributed by atoms with Gasteiger partial charge in [-0.3, -0.25) is 15.5 Å². The lowest BCUT2D eigenvalue weighted by Gasteiger charge is -2.02. The molecule has 0 fully saturated rings. The van der Waals surface area contributed by atoms with Crippen LogP contribution >= 0.6 is 11.6 Å². The second kappa shape index (κ2) is 7.80. The molecule has 0 saturated carbocycles. The highest BCUT2D eigenvalue weighted by atomic mass is 35.5. The van der Waals surface area contributed by atoms with E-state index in [9.17, 15) is 18.5 Å². The fourth-order valence-electron chi connectivity index (χ4n) is 2.27. The smallest absolute Gasteiger partial charge is 0.270 e. The molecule has 0 aliphatic heterocycles. The Kier molecular flexibility index (Phi) is 5.45. The van der Waals surface area contributed by atoms with Gasteiger partial charge in [0.15, 0.2) is 0 Å². The molecule has 3 aromatic rings. The number of sulfonamides is 1. The summed E-state index contributed by atoms with van der Waals surface area (Å²) in [4.78, 5) is 10.4. The zero-order chi connectivity index (χ0) is 20.3. The third kappa shape index (κ3) is 4.55. The molecular weight excluding hydrogens is 408 g/mol. The first kappa shape index (κ1) is 19.5. The van der Waals surface area contributed by atoms with Crippen molar-refractivity contribution >= 4 is 39.2 Å². The van der Waals surface area contributed by atoms with Crippen molar-refractivity contribution in [2.45, 2.75) is 4.90 Å². The minimum atomic E-state index is -3.75. The zero-order valence-electron chi connectivity index (χ0n) is 14.1. The van der Waals surface area contributed by atoms with Crippen molar-refractivity contribution < 1.29 is 17.8 Å². The van der Waals surface area contributed by atoms with Gasteiger partial charge in [-0.05, 0) is 42.5 Å². The summed E-state index contributed by atoms with van der Waals surface area (Å²) >= 11 is 6.09. The fourth-order valence-corrected chi connectivity index (χ4v) is 3.00. The molecular formula is C17H13ClN4O5S. The molecule has 0 aliphatic carbocycles. The zero-order valence-corrected chi connectivity index (χ0v) is 15.6. The summed E-state index contributed by atoms with van der Waals surface area (Å²) in [5.74, 6) is 0.735. The van der Waals surface area contributed by atoms with Crippen LogP contribution in [0.5, 0.6) is 0 Å². The number of halogens is 1. The number of benzene rings is 2. The third-order valence-corrected chi connectivity index (χ3v) is 4.88. The van der Waals surface area contributed by atoms with E-state index in [4.69, 9.17) is 21.2 Å². The van der Waals surface area contributed by atoms with Crippen LogP contribution in [0.25, 0.3) is 11.3 Å². The topological polar surface area (TPSA) is 141 Å². The van der Waals surface area contributed by atoms with E-state index in [0.29, 0.717) is 27.8 Å². The Balaban J connectivity index is 1.73. The molecule has 28 heavy (non-hydrogen) atoms. The highest BCUT2D eigenvalue weighted by Crippen LogP contribution is 2.32. The number of primary sulfonamides is 1. The molecule has 0 spiro atoms. The van der Waals surface area contributed by atoms with Gasteiger partial charge in [-0.1, -0.05) is 11.6 Å². The molecule has 0 unspecified atom stereocenters. The van der Waals surface area contributed by atoms with E-state index in [1.807, 2.05) is 0 Å². The minimum Gasteiger partial charge on any atom is -0.455 e. The largest absolute Gasteiger partial charge is 0.455 e. The van der Waals surface area contributed by atoms with Crippen LogP contribution in [0.1, 0.15) is 5.76 Å². The van der Waals surface area contributed by atoms with E-state index in [1.165, 1.54) is 48.7 Å². The van der Waals surface area contributed by atoms with Gasteiger partial charge in [-0.15, -0.1) is 0 Å². The van der Waals surface area contributed by atoms with Crippen LogP contribution in [0.3, 0.4) is 0 Å². The van der Waals surface area contributed by atoms with Crippen molar-refractivity contribution in [1.29, 1.82) is 0 Å². The van der Waals surface area contributed by atoms with Crippen molar-refractivity contribution in [2.75, 3.05) is 5.43 Å². The first-order valence-electron chi connectivity index (χ1n) is 7.70. The number of non-ortho nitro benzene ring substituents is 1. The van der Waals surface area contributed by atoms with E-state index < -0.39 is 14.9 Å². The molecule has 144 valence electrons. The third-order valence-electron chi connectivity index (χ3n) is 3.62. The van der Waals surface area contributed by atoms with Crippen molar-refractivity contribution in [3.05, 3.63) is 75.5 Å². The molecule has 2 aromatic carbocycles. The molecule has 3 N–H and O–H groups in total. The Hall–Kier alpha value is -3.21. The molecule has 1 heterocycles.